The number of ether oxygens (including phenoxy) is 1. The molecular weight excluding hydrogens is 220 g/mol. The molecule has 1 aromatic rings. The lowest BCUT2D eigenvalue weighted by Crippen LogP contribution is -2.25. The van der Waals surface area contributed by atoms with Crippen molar-refractivity contribution in [3.05, 3.63) is 29.8 Å². The minimum atomic E-state index is -0.357. The van der Waals surface area contributed by atoms with E-state index in [0.29, 0.717) is 0 Å². The molecule has 3 heteroatoms. The molecule has 1 N–H and O–H groups in total. The summed E-state index contributed by atoms with van der Waals surface area (Å²) in [6, 6.07) is 7.78. The van der Waals surface area contributed by atoms with Crippen molar-refractivity contribution in [2.75, 3.05) is 12.0 Å². The molecule has 0 aliphatic carbocycles. The van der Waals surface area contributed by atoms with Crippen molar-refractivity contribution < 1.29 is 9.84 Å². The maximum Gasteiger partial charge on any atom is 0.125 e. The third-order valence-corrected chi connectivity index (χ3v) is 3.63. The molecule has 88 valence electrons. The van der Waals surface area contributed by atoms with Gasteiger partial charge in [0.05, 0.1) is 6.10 Å². The fourth-order valence-corrected chi connectivity index (χ4v) is 2.55. The molecular formula is C13H18O2S. The third kappa shape index (κ3) is 2.71. The SMILES string of the molecule is CSCCCC1C[C@@H](O)c2ccccc2O1. The molecule has 2 atom stereocenters. The first-order valence-electron chi connectivity index (χ1n) is 5.74. The van der Waals surface area contributed by atoms with E-state index in [1.54, 1.807) is 0 Å². The molecule has 0 saturated carbocycles. The molecule has 2 rings (SSSR count). The van der Waals surface area contributed by atoms with Gasteiger partial charge in [-0.3, -0.25) is 0 Å². The van der Waals surface area contributed by atoms with Gasteiger partial charge in [-0.25, -0.2) is 0 Å². The van der Waals surface area contributed by atoms with Crippen molar-refractivity contribution >= 4 is 11.8 Å². The van der Waals surface area contributed by atoms with Gasteiger partial charge in [-0.1, -0.05) is 18.2 Å². The van der Waals surface area contributed by atoms with E-state index in [4.69, 9.17) is 4.74 Å². The zero-order valence-electron chi connectivity index (χ0n) is 9.56. The largest absolute Gasteiger partial charge is 0.490 e. The van der Waals surface area contributed by atoms with Crippen LogP contribution in [0.5, 0.6) is 5.75 Å². The highest BCUT2D eigenvalue weighted by molar-refractivity contribution is 7.98. The van der Waals surface area contributed by atoms with Gasteiger partial charge in [0.2, 0.25) is 0 Å². The fourth-order valence-electron chi connectivity index (χ4n) is 2.10. The molecule has 0 aromatic heterocycles. The summed E-state index contributed by atoms with van der Waals surface area (Å²) in [6.45, 7) is 0. The molecule has 0 radical (unpaired) electrons. The van der Waals surface area contributed by atoms with Gasteiger partial charge in [-0.05, 0) is 30.9 Å². The van der Waals surface area contributed by atoms with E-state index in [2.05, 4.69) is 6.26 Å². The quantitative estimate of drug-likeness (QED) is 0.818. The number of thioether (sulfide) groups is 1. The van der Waals surface area contributed by atoms with Crippen molar-refractivity contribution in [1.29, 1.82) is 0 Å². The van der Waals surface area contributed by atoms with Gasteiger partial charge in [0, 0.05) is 12.0 Å². The smallest absolute Gasteiger partial charge is 0.125 e. The number of aliphatic hydroxyl groups is 1. The molecule has 0 bridgehead atoms. The van der Waals surface area contributed by atoms with Crippen LogP contribution in [0, 0.1) is 0 Å². The van der Waals surface area contributed by atoms with E-state index in [1.165, 1.54) is 0 Å². The van der Waals surface area contributed by atoms with Crippen LogP contribution in [0.25, 0.3) is 0 Å². The highest BCUT2D eigenvalue weighted by Crippen LogP contribution is 2.35. The lowest BCUT2D eigenvalue weighted by atomic mass is 9.97. The predicted molar refractivity (Wildman–Crippen MR) is 68.1 cm³/mol. The van der Waals surface area contributed by atoms with Crippen molar-refractivity contribution in [1.82, 2.24) is 0 Å². The molecule has 1 heterocycles. The predicted octanol–water partition coefficient (Wildman–Crippen LogP) is 3.01. The van der Waals surface area contributed by atoms with Crippen molar-refractivity contribution in [2.24, 2.45) is 0 Å². The molecule has 2 nitrogen and oxygen atoms in total. The zero-order chi connectivity index (χ0) is 11.4. The summed E-state index contributed by atoms with van der Waals surface area (Å²) in [5.74, 6) is 2.02. The number of aliphatic hydroxyl groups excluding tert-OH is 1. The molecule has 0 saturated heterocycles. The Balaban J connectivity index is 1.98. The highest BCUT2D eigenvalue weighted by atomic mass is 32.2. The Morgan fingerprint density at radius 2 is 2.25 bits per heavy atom. The van der Waals surface area contributed by atoms with Gasteiger partial charge in [0.15, 0.2) is 0 Å². The normalized spacial score (nSPS) is 23.6. The van der Waals surface area contributed by atoms with Crippen molar-refractivity contribution in [3.63, 3.8) is 0 Å². The second-order valence-electron chi connectivity index (χ2n) is 4.16. The molecule has 0 fully saturated rings. The summed E-state index contributed by atoms with van der Waals surface area (Å²) >= 11 is 1.86. The summed E-state index contributed by atoms with van der Waals surface area (Å²) < 4.78 is 5.88. The summed E-state index contributed by atoms with van der Waals surface area (Å²) in [5.41, 5.74) is 0.934. The Hall–Kier alpha value is -0.670. The number of fused-ring (bicyclic) bond motifs is 1. The van der Waals surface area contributed by atoms with E-state index in [0.717, 1.165) is 36.3 Å². The van der Waals surface area contributed by atoms with Crippen LogP contribution in [0.3, 0.4) is 0 Å². The first-order valence-corrected chi connectivity index (χ1v) is 7.13. The second kappa shape index (κ2) is 5.60. The van der Waals surface area contributed by atoms with Crippen molar-refractivity contribution in [3.8, 4) is 5.75 Å². The summed E-state index contributed by atoms with van der Waals surface area (Å²) in [7, 11) is 0. The fraction of sp³-hybridized carbons (Fsp3) is 0.538. The first-order chi connectivity index (χ1) is 7.81. The van der Waals surface area contributed by atoms with E-state index >= 15 is 0 Å². The molecule has 1 aliphatic rings. The Labute approximate surface area is 101 Å². The Morgan fingerprint density at radius 3 is 3.06 bits per heavy atom. The van der Waals surface area contributed by atoms with Gasteiger partial charge in [0.1, 0.15) is 11.9 Å². The Morgan fingerprint density at radius 1 is 1.44 bits per heavy atom. The Bertz CT molecular complexity index is 340. The van der Waals surface area contributed by atoms with Crippen LogP contribution in [0.15, 0.2) is 24.3 Å². The molecule has 1 aromatic carbocycles. The average Bonchev–Trinajstić information content (AvgIpc) is 2.30. The van der Waals surface area contributed by atoms with E-state index in [9.17, 15) is 5.11 Å². The van der Waals surface area contributed by atoms with Gasteiger partial charge < -0.3 is 9.84 Å². The minimum absolute atomic E-state index is 0.178. The Kier molecular flexibility index (Phi) is 4.13. The van der Waals surface area contributed by atoms with Crippen LogP contribution in [-0.4, -0.2) is 23.2 Å². The van der Waals surface area contributed by atoms with Gasteiger partial charge >= 0.3 is 0 Å². The zero-order valence-corrected chi connectivity index (χ0v) is 10.4. The van der Waals surface area contributed by atoms with Gasteiger partial charge in [-0.15, -0.1) is 0 Å². The monoisotopic (exact) mass is 238 g/mol. The van der Waals surface area contributed by atoms with E-state index < -0.39 is 0 Å². The number of para-hydroxylation sites is 1. The molecule has 0 amide bonds. The van der Waals surface area contributed by atoms with E-state index in [-0.39, 0.29) is 12.2 Å². The first kappa shape index (κ1) is 11.8. The number of benzene rings is 1. The highest BCUT2D eigenvalue weighted by Gasteiger charge is 2.25. The second-order valence-corrected chi connectivity index (χ2v) is 5.15. The van der Waals surface area contributed by atoms with Crippen LogP contribution in [0.4, 0.5) is 0 Å². The average molecular weight is 238 g/mol. The lowest BCUT2D eigenvalue weighted by Gasteiger charge is -2.29. The number of hydrogen-bond donors (Lipinski definition) is 1. The van der Waals surface area contributed by atoms with Gasteiger partial charge in [-0.2, -0.15) is 11.8 Å². The third-order valence-electron chi connectivity index (χ3n) is 2.93. The van der Waals surface area contributed by atoms with Crippen LogP contribution in [0.2, 0.25) is 0 Å². The maximum atomic E-state index is 10.0. The van der Waals surface area contributed by atoms with Crippen LogP contribution in [-0.2, 0) is 0 Å². The van der Waals surface area contributed by atoms with Crippen molar-refractivity contribution in [2.45, 2.75) is 31.5 Å². The summed E-state index contributed by atoms with van der Waals surface area (Å²) in [5, 5.41) is 10.0. The molecule has 0 spiro atoms. The molecule has 1 aliphatic heterocycles. The maximum absolute atomic E-state index is 10.0. The lowest BCUT2D eigenvalue weighted by molar-refractivity contribution is 0.0616. The number of hydrogen-bond acceptors (Lipinski definition) is 3. The standard InChI is InChI=1S/C13H18O2S/c1-16-8-4-5-10-9-12(14)11-6-2-3-7-13(11)15-10/h2-3,6-7,10,12,14H,4-5,8-9H2,1H3/t10?,12-/m1/s1. The van der Waals surface area contributed by atoms with Crippen LogP contribution >= 0.6 is 11.8 Å². The van der Waals surface area contributed by atoms with E-state index in [1.807, 2.05) is 36.0 Å². The van der Waals surface area contributed by atoms with Gasteiger partial charge in [0.25, 0.3) is 0 Å². The molecule has 16 heavy (non-hydrogen) atoms. The summed E-state index contributed by atoms with van der Waals surface area (Å²) in [4.78, 5) is 0. The minimum Gasteiger partial charge on any atom is -0.490 e. The number of rotatable bonds is 4. The summed E-state index contributed by atoms with van der Waals surface area (Å²) in [6.07, 6.45) is 4.85. The van der Waals surface area contributed by atoms with Crippen LogP contribution < -0.4 is 4.74 Å². The topological polar surface area (TPSA) is 29.5 Å². The van der Waals surface area contributed by atoms with Crippen LogP contribution in [0.1, 0.15) is 30.9 Å². The molecule has 1 unspecified atom stereocenters.